The van der Waals surface area contributed by atoms with Gasteiger partial charge in [0, 0.05) is 19.3 Å². The summed E-state index contributed by atoms with van der Waals surface area (Å²) in [6.45, 7) is 3.57. The van der Waals surface area contributed by atoms with Crippen LogP contribution in [-0.4, -0.2) is 38.0 Å². The molecule has 3 aromatic rings. The quantitative estimate of drug-likeness (QED) is 0.766. The summed E-state index contributed by atoms with van der Waals surface area (Å²) in [6, 6.07) is 0. The molecule has 0 bridgehead atoms. The maximum Gasteiger partial charge on any atom is 0.207 e. The van der Waals surface area contributed by atoms with Crippen molar-refractivity contribution in [3.8, 4) is 11.4 Å². The van der Waals surface area contributed by atoms with Crippen LogP contribution in [0.5, 0.6) is 0 Å². The summed E-state index contributed by atoms with van der Waals surface area (Å²) >= 11 is 0. The van der Waals surface area contributed by atoms with Crippen molar-refractivity contribution in [2.45, 2.75) is 26.2 Å². The summed E-state index contributed by atoms with van der Waals surface area (Å²) in [5.41, 5.74) is 8.67. The van der Waals surface area contributed by atoms with E-state index in [9.17, 15) is 4.39 Å². The first-order valence-electron chi connectivity index (χ1n) is 8.08. The number of H-pyrrole nitrogens is 1. The summed E-state index contributed by atoms with van der Waals surface area (Å²) in [7, 11) is 0. The highest BCUT2D eigenvalue weighted by Crippen LogP contribution is 2.30. The van der Waals surface area contributed by atoms with E-state index in [-0.39, 0.29) is 11.6 Å². The monoisotopic (exact) mass is 327 g/mol. The molecule has 124 valence electrons. The average molecular weight is 327 g/mol. The minimum atomic E-state index is -0.555. The molecule has 3 aromatic heterocycles. The van der Waals surface area contributed by atoms with Crippen LogP contribution in [0, 0.1) is 5.82 Å². The van der Waals surface area contributed by atoms with Crippen LogP contribution < -0.4 is 10.6 Å². The number of nitrogen functional groups attached to an aromatic ring is 1. The fourth-order valence-electron chi connectivity index (χ4n) is 2.98. The predicted molar refractivity (Wildman–Crippen MR) is 90.1 cm³/mol. The number of halogens is 1. The van der Waals surface area contributed by atoms with Crippen LogP contribution in [0.4, 0.5) is 16.0 Å². The second-order valence-electron chi connectivity index (χ2n) is 5.88. The highest BCUT2D eigenvalue weighted by molar-refractivity contribution is 5.88. The van der Waals surface area contributed by atoms with E-state index in [1.54, 1.807) is 12.4 Å². The van der Waals surface area contributed by atoms with Crippen LogP contribution >= 0.6 is 0 Å². The number of anilines is 2. The molecule has 0 aromatic carbocycles. The van der Waals surface area contributed by atoms with Crippen LogP contribution in [0.1, 0.15) is 25.5 Å². The van der Waals surface area contributed by atoms with Crippen molar-refractivity contribution in [3.63, 3.8) is 0 Å². The minimum absolute atomic E-state index is 0.143. The first kappa shape index (κ1) is 14.8. The number of nitrogens with zero attached hydrogens (tertiary/aromatic N) is 5. The van der Waals surface area contributed by atoms with Gasteiger partial charge in [-0.15, -0.1) is 0 Å². The van der Waals surface area contributed by atoms with E-state index in [2.05, 4.69) is 24.9 Å². The Kier molecular flexibility index (Phi) is 3.51. The van der Waals surface area contributed by atoms with Gasteiger partial charge < -0.3 is 15.6 Å². The lowest BCUT2D eigenvalue weighted by atomic mass is 10.2. The van der Waals surface area contributed by atoms with Crippen molar-refractivity contribution in [2.75, 3.05) is 23.7 Å². The molecule has 0 spiro atoms. The minimum Gasteiger partial charge on any atom is -0.381 e. The Morgan fingerprint density at radius 3 is 2.79 bits per heavy atom. The molecular weight excluding hydrogens is 309 g/mol. The topological polar surface area (TPSA) is 96.6 Å². The van der Waals surface area contributed by atoms with Gasteiger partial charge in [-0.25, -0.2) is 19.9 Å². The fraction of sp³-hybridized carbons (Fsp3) is 0.375. The van der Waals surface area contributed by atoms with Gasteiger partial charge in [0.25, 0.3) is 0 Å². The van der Waals surface area contributed by atoms with Crippen molar-refractivity contribution < 1.29 is 4.39 Å². The second kappa shape index (κ2) is 5.70. The fourth-order valence-corrected chi connectivity index (χ4v) is 2.98. The molecule has 24 heavy (non-hydrogen) atoms. The van der Waals surface area contributed by atoms with Gasteiger partial charge in [0.1, 0.15) is 5.52 Å². The number of fused-ring (bicyclic) bond motifs is 1. The van der Waals surface area contributed by atoms with E-state index in [0.29, 0.717) is 22.6 Å². The molecule has 0 aliphatic carbocycles. The van der Waals surface area contributed by atoms with Crippen molar-refractivity contribution in [1.29, 1.82) is 0 Å². The Morgan fingerprint density at radius 1 is 1.25 bits per heavy atom. The first-order valence-corrected chi connectivity index (χ1v) is 8.08. The zero-order chi connectivity index (χ0) is 16.7. The average Bonchev–Trinajstić information content (AvgIpc) is 3.26. The summed E-state index contributed by atoms with van der Waals surface area (Å²) < 4.78 is 14.4. The lowest BCUT2D eigenvalue weighted by Gasteiger charge is -2.18. The van der Waals surface area contributed by atoms with Gasteiger partial charge in [-0.05, 0) is 19.3 Å². The number of nitrogens with two attached hydrogens (primary N) is 1. The van der Waals surface area contributed by atoms with E-state index in [0.717, 1.165) is 38.0 Å². The highest BCUT2D eigenvalue weighted by atomic mass is 19.1. The molecule has 1 aliphatic heterocycles. The Balaban J connectivity index is 1.87. The van der Waals surface area contributed by atoms with Crippen molar-refractivity contribution >= 4 is 22.8 Å². The largest absolute Gasteiger partial charge is 0.381 e. The lowest BCUT2D eigenvalue weighted by Crippen LogP contribution is -2.22. The van der Waals surface area contributed by atoms with Crippen molar-refractivity contribution in [2.24, 2.45) is 0 Å². The number of aryl methyl sites for hydroxylation is 1. The third-order valence-corrected chi connectivity index (χ3v) is 4.30. The molecule has 0 amide bonds. The summed E-state index contributed by atoms with van der Waals surface area (Å²) in [5, 5.41) is 0. The third kappa shape index (κ3) is 2.34. The molecule has 1 aliphatic rings. The Hall–Kier alpha value is -2.77. The van der Waals surface area contributed by atoms with E-state index in [1.165, 1.54) is 0 Å². The molecule has 8 heteroatoms. The Bertz CT molecular complexity index is 899. The number of hydrogen-bond acceptors (Lipinski definition) is 6. The zero-order valence-electron chi connectivity index (χ0n) is 13.4. The molecule has 0 saturated carbocycles. The van der Waals surface area contributed by atoms with Gasteiger partial charge in [-0.2, -0.15) is 4.39 Å². The molecule has 0 atom stereocenters. The first-order chi connectivity index (χ1) is 11.7. The summed E-state index contributed by atoms with van der Waals surface area (Å²) in [6.07, 6.45) is 6.30. The molecular formula is C16H18FN7. The standard InChI is InChI=1S/C16H18FN7/c1-2-9-7-19-15-12(21-9)10(8-20-15)14-22-13(18)11(17)16(23-14)24-5-3-4-6-24/h7-8H,2-6H2,1H3,(H,19,20)(H2,18,22,23). The summed E-state index contributed by atoms with van der Waals surface area (Å²) in [5.74, 6) is -0.0646. The van der Waals surface area contributed by atoms with Crippen molar-refractivity contribution in [3.05, 3.63) is 23.9 Å². The van der Waals surface area contributed by atoms with Crippen LogP contribution in [0.15, 0.2) is 12.4 Å². The predicted octanol–water partition coefficient (Wildman–Crippen LogP) is 2.30. The van der Waals surface area contributed by atoms with E-state index in [1.807, 2.05) is 11.8 Å². The van der Waals surface area contributed by atoms with Gasteiger partial charge in [0.2, 0.25) is 5.82 Å². The maximum absolute atomic E-state index is 14.4. The van der Waals surface area contributed by atoms with Crippen molar-refractivity contribution in [1.82, 2.24) is 24.9 Å². The number of aromatic amines is 1. The molecule has 0 radical (unpaired) electrons. The zero-order valence-corrected chi connectivity index (χ0v) is 13.4. The van der Waals surface area contributed by atoms with E-state index in [4.69, 9.17) is 5.73 Å². The molecule has 3 N–H and O–H groups in total. The van der Waals surface area contributed by atoms with Gasteiger partial charge >= 0.3 is 0 Å². The van der Waals surface area contributed by atoms with E-state index >= 15 is 0 Å². The van der Waals surface area contributed by atoms with Crippen LogP contribution in [-0.2, 0) is 6.42 Å². The van der Waals surface area contributed by atoms with Gasteiger partial charge in [0.05, 0.1) is 17.5 Å². The number of nitrogens with one attached hydrogen (secondary N) is 1. The van der Waals surface area contributed by atoms with Gasteiger partial charge in [-0.3, -0.25) is 0 Å². The Labute approximate surface area is 138 Å². The Morgan fingerprint density at radius 2 is 2.04 bits per heavy atom. The van der Waals surface area contributed by atoms with Gasteiger partial charge in [0.15, 0.2) is 23.1 Å². The van der Waals surface area contributed by atoms with E-state index < -0.39 is 5.82 Å². The number of hydrogen-bond donors (Lipinski definition) is 2. The maximum atomic E-state index is 14.4. The molecule has 1 fully saturated rings. The summed E-state index contributed by atoms with van der Waals surface area (Å²) in [4.78, 5) is 22.5. The third-order valence-electron chi connectivity index (χ3n) is 4.30. The normalized spacial score (nSPS) is 14.7. The molecule has 1 saturated heterocycles. The molecule has 7 nitrogen and oxygen atoms in total. The molecule has 4 heterocycles. The molecule has 0 unspecified atom stereocenters. The lowest BCUT2D eigenvalue weighted by molar-refractivity contribution is 0.614. The van der Waals surface area contributed by atoms with Crippen LogP contribution in [0.3, 0.4) is 0 Å². The van der Waals surface area contributed by atoms with Gasteiger partial charge in [-0.1, -0.05) is 6.92 Å². The number of aromatic nitrogens is 5. The highest BCUT2D eigenvalue weighted by Gasteiger charge is 2.23. The SMILES string of the molecule is CCc1cnc2[nH]cc(-c3nc(N)c(F)c(N4CCCC4)n3)c2n1. The number of rotatable bonds is 3. The molecule has 4 rings (SSSR count). The smallest absolute Gasteiger partial charge is 0.207 e. The van der Waals surface area contributed by atoms with Crippen LogP contribution in [0.2, 0.25) is 0 Å². The van der Waals surface area contributed by atoms with Crippen LogP contribution in [0.25, 0.3) is 22.6 Å². The second-order valence-corrected chi connectivity index (χ2v) is 5.88.